The number of nitrogens with one attached hydrogen (secondary N) is 2. The molecule has 2 amide bonds. The number of aliphatic hydroxyl groups excluding tert-OH is 2. The smallest absolute Gasteiger partial charge is 0.405 e. The summed E-state index contributed by atoms with van der Waals surface area (Å²) < 4.78 is 65.1. The number of piperazine rings is 1. The van der Waals surface area contributed by atoms with Gasteiger partial charge in [-0.05, 0) is 44.4 Å². The maximum Gasteiger partial charge on any atom is 0.405 e. The maximum absolute atomic E-state index is 13.9. The SMILES string of the molecule is CC(C)(c1ncc(-c2cncc(F)c2)o1)N1CCN(C[C@@H](O)C[C@@H](Cc2ccccc2)C(=O)NC2c3ccccc3OC[C@H]2O)[C@H](C(=O)NCC(F)(F)F)C1. The van der Waals surface area contributed by atoms with Crippen LogP contribution >= 0.6 is 0 Å². The van der Waals surface area contributed by atoms with Gasteiger partial charge in [0.15, 0.2) is 5.76 Å². The van der Waals surface area contributed by atoms with Crippen molar-refractivity contribution in [2.45, 2.75) is 62.7 Å². The number of fused-ring (bicyclic) bond motifs is 1. The molecule has 12 nitrogen and oxygen atoms in total. The zero-order valence-electron chi connectivity index (χ0n) is 30.4. The Bertz CT molecular complexity index is 1930. The Labute approximate surface area is 315 Å². The number of carbonyl (C=O) groups is 2. The number of ether oxygens (including phenoxy) is 1. The molecule has 0 spiro atoms. The fraction of sp³-hybridized carbons (Fsp3) is 0.436. The van der Waals surface area contributed by atoms with Crippen molar-refractivity contribution in [2.75, 3.05) is 39.3 Å². The highest BCUT2D eigenvalue weighted by atomic mass is 19.4. The van der Waals surface area contributed by atoms with E-state index in [1.54, 1.807) is 43.0 Å². The van der Waals surface area contributed by atoms with E-state index < -0.39 is 66.1 Å². The van der Waals surface area contributed by atoms with E-state index in [0.29, 0.717) is 23.4 Å². The number of benzene rings is 2. The van der Waals surface area contributed by atoms with E-state index in [1.807, 2.05) is 40.5 Å². The van der Waals surface area contributed by atoms with Crippen molar-refractivity contribution in [3.05, 3.63) is 102 Å². The Morgan fingerprint density at radius 3 is 2.53 bits per heavy atom. The lowest BCUT2D eigenvalue weighted by Crippen LogP contribution is -2.63. The molecule has 4 heterocycles. The minimum Gasteiger partial charge on any atom is -0.490 e. The Balaban J connectivity index is 1.19. The summed E-state index contributed by atoms with van der Waals surface area (Å²) in [6.45, 7) is 2.37. The molecule has 4 N–H and O–H groups in total. The second-order valence-electron chi connectivity index (χ2n) is 14.4. The van der Waals surface area contributed by atoms with Crippen molar-refractivity contribution in [2.24, 2.45) is 5.92 Å². The van der Waals surface area contributed by atoms with Gasteiger partial charge in [0, 0.05) is 49.4 Å². The van der Waals surface area contributed by atoms with E-state index >= 15 is 0 Å². The van der Waals surface area contributed by atoms with Crippen LogP contribution in [0.2, 0.25) is 0 Å². The van der Waals surface area contributed by atoms with Crippen molar-refractivity contribution in [1.82, 2.24) is 30.4 Å². The molecule has 1 unspecified atom stereocenters. The number of alkyl halides is 3. The van der Waals surface area contributed by atoms with Crippen LogP contribution < -0.4 is 15.4 Å². The molecule has 6 rings (SSSR count). The number of oxazole rings is 1. The molecule has 1 fully saturated rings. The predicted molar refractivity (Wildman–Crippen MR) is 192 cm³/mol. The van der Waals surface area contributed by atoms with Crippen molar-refractivity contribution < 1.29 is 46.5 Å². The molecule has 5 atom stereocenters. The molecule has 0 bridgehead atoms. The lowest BCUT2D eigenvalue weighted by atomic mass is 9.90. The number of aliphatic hydroxyl groups is 2. The molecule has 2 aromatic heterocycles. The number of hydrogen-bond acceptors (Lipinski definition) is 10. The molecule has 294 valence electrons. The molecule has 16 heteroatoms. The molecular formula is C39H44F4N6O6. The van der Waals surface area contributed by atoms with Gasteiger partial charge in [-0.25, -0.2) is 9.37 Å². The van der Waals surface area contributed by atoms with Gasteiger partial charge in [-0.2, -0.15) is 13.2 Å². The fourth-order valence-electron chi connectivity index (χ4n) is 7.12. The molecule has 2 aliphatic heterocycles. The number of β-amino-alcohol motifs (C(OH)–C–C–N with tert-alkyl or cyclic N) is 1. The number of hydrogen-bond donors (Lipinski definition) is 4. The predicted octanol–water partition coefficient (Wildman–Crippen LogP) is 4.00. The molecule has 4 aromatic rings. The minimum absolute atomic E-state index is 0.0177. The number of para-hydroxylation sites is 1. The van der Waals surface area contributed by atoms with Gasteiger partial charge in [0.25, 0.3) is 0 Å². The molecule has 55 heavy (non-hydrogen) atoms. The van der Waals surface area contributed by atoms with Crippen LogP contribution in [0.4, 0.5) is 17.6 Å². The lowest BCUT2D eigenvalue weighted by molar-refractivity contribution is -0.144. The van der Waals surface area contributed by atoms with E-state index in [-0.39, 0.29) is 50.7 Å². The zero-order valence-corrected chi connectivity index (χ0v) is 30.4. The highest BCUT2D eigenvalue weighted by molar-refractivity contribution is 5.82. The van der Waals surface area contributed by atoms with E-state index in [2.05, 4.69) is 15.3 Å². The van der Waals surface area contributed by atoms with Crippen molar-refractivity contribution in [1.29, 1.82) is 0 Å². The second-order valence-corrected chi connectivity index (χ2v) is 14.4. The maximum atomic E-state index is 13.9. The largest absolute Gasteiger partial charge is 0.490 e. The van der Waals surface area contributed by atoms with Gasteiger partial charge < -0.3 is 30.0 Å². The Morgan fingerprint density at radius 1 is 1.04 bits per heavy atom. The monoisotopic (exact) mass is 768 g/mol. The van der Waals surface area contributed by atoms with Crippen LogP contribution in [-0.4, -0.2) is 106 Å². The third kappa shape index (κ3) is 9.86. The Morgan fingerprint density at radius 2 is 1.78 bits per heavy atom. The molecule has 2 aliphatic rings. The summed E-state index contributed by atoms with van der Waals surface area (Å²) >= 11 is 0. The first kappa shape index (κ1) is 39.8. The van der Waals surface area contributed by atoms with Crippen LogP contribution in [0, 0.1) is 11.7 Å². The third-order valence-electron chi connectivity index (χ3n) is 10.1. The summed E-state index contributed by atoms with van der Waals surface area (Å²) in [4.78, 5) is 39.1. The van der Waals surface area contributed by atoms with E-state index in [9.17, 15) is 37.4 Å². The van der Waals surface area contributed by atoms with Crippen LogP contribution in [0.5, 0.6) is 5.75 Å². The van der Waals surface area contributed by atoms with E-state index in [0.717, 1.165) is 11.8 Å². The first-order chi connectivity index (χ1) is 26.2. The standard InChI is InChI=1S/C39H44F4N6O6/c1-38(2,37-45-19-33(55-37)26-15-27(40)18-44-17-26)49-13-12-48(30(21-49)36(53)46-23-39(41,42)43)20-28(50)16-25(14-24-8-4-3-5-9-24)35(52)47-34-29-10-6-7-11-32(29)54-22-31(34)51/h3-11,15,17-19,25,28,30-31,34,50-51H,12-14,16,20-23H2,1-2H3,(H,46,53)(H,47,52)/t25-,28+,30+,31-,34?/m1/s1. The van der Waals surface area contributed by atoms with Gasteiger partial charge in [-0.3, -0.25) is 24.4 Å². The Hall–Kier alpha value is -4.90. The van der Waals surface area contributed by atoms with Crippen molar-refractivity contribution >= 4 is 11.8 Å². The van der Waals surface area contributed by atoms with Gasteiger partial charge in [0.05, 0.1) is 30.1 Å². The average molecular weight is 769 g/mol. The van der Waals surface area contributed by atoms with Gasteiger partial charge in [0.2, 0.25) is 17.7 Å². The average Bonchev–Trinajstić information content (AvgIpc) is 3.67. The third-order valence-corrected chi connectivity index (χ3v) is 10.1. The summed E-state index contributed by atoms with van der Waals surface area (Å²) in [7, 11) is 0. The molecule has 0 aliphatic carbocycles. The number of carbonyl (C=O) groups excluding carboxylic acids is 2. The van der Waals surface area contributed by atoms with Crippen molar-refractivity contribution in [3.8, 4) is 17.1 Å². The Kier molecular flexibility index (Phi) is 12.2. The quantitative estimate of drug-likeness (QED) is 0.147. The highest BCUT2D eigenvalue weighted by Crippen LogP contribution is 2.34. The number of aromatic nitrogens is 2. The molecule has 1 saturated heterocycles. The number of rotatable bonds is 13. The summed E-state index contributed by atoms with van der Waals surface area (Å²) in [6, 6.07) is 15.7. The summed E-state index contributed by atoms with van der Waals surface area (Å²) in [5, 5.41) is 27.3. The van der Waals surface area contributed by atoms with Crippen LogP contribution in [0.25, 0.3) is 11.3 Å². The topological polar surface area (TPSA) is 153 Å². The molecule has 0 saturated carbocycles. The minimum atomic E-state index is -4.65. The van der Waals surface area contributed by atoms with Crippen LogP contribution in [0.3, 0.4) is 0 Å². The number of nitrogens with zero attached hydrogens (tertiary/aromatic N) is 4. The van der Waals surface area contributed by atoms with Crippen LogP contribution in [0.1, 0.15) is 43.3 Å². The fourth-order valence-corrected chi connectivity index (χ4v) is 7.12. The van der Waals surface area contributed by atoms with Crippen molar-refractivity contribution in [3.63, 3.8) is 0 Å². The molecule has 2 aromatic carbocycles. The van der Waals surface area contributed by atoms with Crippen LogP contribution in [-0.2, 0) is 21.5 Å². The molecular weight excluding hydrogens is 724 g/mol. The number of pyridine rings is 1. The van der Waals surface area contributed by atoms with E-state index in [4.69, 9.17) is 9.15 Å². The number of halogens is 4. The van der Waals surface area contributed by atoms with Gasteiger partial charge in [-0.1, -0.05) is 48.5 Å². The van der Waals surface area contributed by atoms with Gasteiger partial charge in [-0.15, -0.1) is 0 Å². The first-order valence-electron chi connectivity index (χ1n) is 18.0. The molecule has 0 radical (unpaired) electrons. The first-order valence-corrected chi connectivity index (χ1v) is 18.0. The second kappa shape index (κ2) is 16.9. The summed E-state index contributed by atoms with van der Waals surface area (Å²) in [5.74, 6) is -1.57. The van der Waals surface area contributed by atoms with Gasteiger partial charge in [0.1, 0.15) is 36.9 Å². The number of amides is 2. The summed E-state index contributed by atoms with van der Waals surface area (Å²) in [6.07, 6.45) is -2.71. The zero-order chi connectivity index (χ0) is 39.3. The van der Waals surface area contributed by atoms with E-state index in [1.165, 1.54) is 18.5 Å². The summed E-state index contributed by atoms with van der Waals surface area (Å²) in [5.41, 5.74) is 0.865. The normalized spacial score (nSPS) is 20.5. The van der Waals surface area contributed by atoms with Gasteiger partial charge >= 0.3 is 6.18 Å². The van der Waals surface area contributed by atoms with Crippen LogP contribution in [0.15, 0.2) is 83.7 Å². The lowest BCUT2D eigenvalue weighted by Gasteiger charge is -2.46. The highest BCUT2D eigenvalue weighted by Gasteiger charge is 2.43.